The van der Waals surface area contributed by atoms with Crippen molar-refractivity contribution in [2.45, 2.75) is 19.3 Å². The van der Waals surface area contributed by atoms with Crippen LogP contribution >= 0.6 is 24.0 Å². The number of hydrogen-bond acceptors (Lipinski definition) is 3. The molecular weight excluding hydrogens is 369 g/mol. The van der Waals surface area contributed by atoms with Crippen molar-refractivity contribution in [3.05, 3.63) is 12.7 Å². The zero-order valence-corrected chi connectivity index (χ0v) is 14.7. The van der Waals surface area contributed by atoms with Crippen LogP contribution in [0.5, 0.6) is 0 Å². The lowest BCUT2D eigenvalue weighted by molar-refractivity contribution is 0.0203. The van der Waals surface area contributed by atoms with E-state index < -0.39 is 0 Å². The molecule has 1 fully saturated rings. The summed E-state index contributed by atoms with van der Waals surface area (Å²) in [5.74, 6) is 1.49. The van der Waals surface area contributed by atoms with Crippen LogP contribution in [-0.4, -0.2) is 52.5 Å². The van der Waals surface area contributed by atoms with Crippen LogP contribution in [0.15, 0.2) is 17.6 Å². The van der Waals surface area contributed by atoms with Crippen LogP contribution in [0.4, 0.5) is 0 Å². The van der Waals surface area contributed by atoms with Crippen molar-refractivity contribution >= 4 is 29.9 Å². The van der Waals surface area contributed by atoms with Gasteiger partial charge in [0.05, 0.1) is 0 Å². The van der Waals surface area contributed by atoms with Crippen molar-refractivity contribution in [3.8, 4) is 0 Å². The van der Waals surface area contributed by atoms with Gasteiger partial charge in [-0.05, 0) is 25.2 Å². The zero-order chi connectivity index (χ0) is 13.8. The van der Waals surface area contributed by atoms with E-state index in [0.29, 0.717) is 5.92 Å². The Labute approximate surface area is 139 Å². The minimum atomic E-state index is 0. The van der Waals surface area contributed by atoms with E-state index in [1.165, 1.54) is 0 Å². The first-order chi connectivity index (χ1) is 9.36. The molecule has 1 saturated heterocycles. The van der Waals surface area contributed by atoms with Crippen molar-refractivity contribution in [2.24, 2.45) is 10.9 Å². The largest absolute Gasteiger partial charge is 0.381 e. The molecule has 0 bridgehead atoms. The van der Waals surface area contributed by atoms with Gasteiger partial charge in [-0.25, -0.2) is 0 Å². The first kappa shape index (κ1) is 19.7. The highest BCUT2D eigenvalue weighted by Gasteiger charge is 2.13. The molecule has 1 rings (SSSR count). The normalized spacial score (nSPS) is 16.4. The number of nitrogens with zero attached hydrogens (tertiary/aromatic N) is 1. The van der Waals surface area contributed by atoms with E-state index >= 15 is 0 Å². The first-order valence-corrected chi connectivity index (χ1v) is 7.07. The van der Waals surface area contributed by atoms with E-state index in [1.807, 2.05) is 6.08 Å². The van der Waals surface area contributed by atoms with Crippen molar-refractivity contribution in [3.63, 3.8) is 0 Å². The summed E-state index contributed by atoms with van der Waals surface area (Å²) in [5, 5.41) is 6.36. The number of ether oxygens (including phenoxy) is 2. The third kappa shape index (κ3) is 9.55. The summed E-state index contributed by atoms with van der Waals surface area (Å²) in [6, 6.07) is 0. The molecule has 1 aliphatic heterocycles. The average Bonchev–Trinajstić information content (AvgIpc) is 2.47. The third-order valence-corrected chi connectivity index (χ3v) is 3.09. The number of rotatable bonds is 8. The quantitative estimate of drug-likeness (QED) is 0.216. The Morgan fingerprint density at radius 2 is 2.15 bits per heavy atom. The molecule has 0 aromatic rings. The maximum Gasteiger partial charge on any atom is 0.191 e. The molecule has 0 aromatic carbocycles. The number of nitrogens with one attached hydrogen (secondary N) is 2. The minimum Gasteiger partial charge on any atom is -0.381 e. The summed E-state index contributed by atoms with van der Waals surface area (Å²) in [4.78, 5) is 4.11. The van der Waals surface area contributed by atoms with Crippen LogP contribution in [0.2, 0.25) is 0 Å². The maximum atomic E-state index is 5.70. The van der Waals surface area contributed by atoms with E-state index in [2.05, 4.69) is 22.2 Å². The SMILES string of the molecule is C=CCNC(=NC)NCCCOCC1CCOCC1.I. The standard InChI is InChI=1S/C14H27N3O2.HI/c1-3-7-16-14(15-2)17-8-4-9-19-12-13-5-10-18-11-6-13;/h3,13H,1,4-12H2,2H3,(H2,15,16,17);1H. The molecule has 0 saturated carbocycles. The van der Waals surface area contributed by atoms with Crippen molar-refractivity contribution < 1.29 is 9.47 Å². The second-order valence-corrected chi connectivity index (χ2v) is 4.65. The molecule has 0 unspecified atom stereocenters. The van der Waals surface area contributed by atoms with Gasteiger partial charge in [0.15, 0.2) is 5.96 Å². The molecule has 0 aliphatic carbocycles. The van der Waals surface area contributed by atoms with Gasteiger partial charge in [0.25, 0.3) is 0 Å². The molecule has 2 N–H and O–H groups in total. The molecule has 0 atom stereocenters. The number of guanidine groups is 1. The predicted octanol–water partition coefficient (Wildman–Crippen LogP) is 1.79. The van der Waals surface area contributed by atoms with E-state index in [4.69, 9.17) is 9.47 Å². The van der Waals surface area contributed by atoms with Gasteiger partial charge in [0.2, 0.25) is 0 Å². The highest BCUT2D eigenvalue weighted by atomic mass is 127. The fourth-order valence-corrected chi connectivity index (χ4v) is 1.93. The Bertz CT molecular complexity index is 269. The molecule has 5 nitrogen and oxygen atoms in total. The van der Waals surface area contributed by atoms with Gasteiger partial charge in [0.1, 0.15) is 0 Å². The average molecular weight is 397 g/mol. The summed E-state index contributed by atoms with van der Waals surface area (Å²) in [6.45, 7) is 8.69. The highest BCUT2D eigenvalue weighted by molar-refractivity contribution is 14.0. The van der Waals surface area contributed by atoms with Gasteiger partial charge in [-0.1, -0.05) is 6.08 Å². The van der Waals surface area contributed by atoms with Crippen LogP contribution < -0.4 is 10.6 Å². The molecular formula is C14H28IN3O2. The predicted molar refractivity (Wildman–Crippen MR) is 94.0 cm³/mol. The topological polar surface area (TPSA) is 54.9 Å². The van der Waals surface area contributed by atoms with E-state index in [9.17, 15) is 0 Å². The molecule has 0 aromatic heterocycles. The molecule has 20 heavy (non-hydrogen) atoms. The Hall–Kier alpha value is -0.340. The maximum absolute atomic E-state index is 5.70. The van der Waals surface area contributed by atoms with Gasteiger partial charge in [-0.15, -0.1) is 30.6 Å². The monoisotopic (exact) mass is 397 g/mol. The van der Waals surface area contributed by atoms with Crippen LogP contribution in [0, 0.1) is 5.92 Å². The molecule has 118 valence electrons. The number of aliphatic imine (C=N–C) groups is 1. The number of hydrogen-bond donors (Lipinski definition) is 2. The zero-order valence-electron chi connectivity index (χ0n) is 12.4. The van der Waals surface area contributed by atoms with Crippen molar-refractivity contribution in [1.29, 1.82) is 0 Å². The van der Waals surface area contributed by atoms with E-state index in [0.717, 1.165) is 64.7 Å². The van der Waals surface area contributed by atoms with Gasteiger partial charge < -0.3 is 20.1 Å². The molecule has 1 heterocycles. The summed E-state index contributed by atoms with van der Waals surface area (Å²) < 4.78 is 11.0. The lowest BCUT2D eigenvalue weighted by Crippen LogP contribution is -2.38. The summed E-state index contributed by atoms with van der Waals surface area (Å²) in [6.07, 6.45) is 5.06. The van der Waals surface area contributed by atoms with Crippen LogP contribution in [0.25, 0.3) is 0 Å². The Morgan fingerprint density at radius 3 is 2.80 bits per heavy atom. The van der Waals surface area contributed by atoms with Crippen molar-refractivity contribution in [2.75, 3.05) is 46.6 Å². The second-order valence-electron chi connectivity index (χ2n) is 4.65. The fraction of sp³-hybridized carbons (Fsp3) is 0.786. The first-order valence-electron chi connectivity index (χ1n) is 7.07. The molecule has 0 amide bonds. The van der Waals surface area contributed by atoms with E-state index in [-0.39, 0.29) is 24.0 Å². The lowest BCUT2D eigenvalue weighted by Gasteiger charge is -2.21. The Kier molecular flexibility index (Phi) is 13.4. The smallest absolute Gasteiger partial charge is 0.191 e. The summed E-state index contributed by atoms with van der Waals surface area (Å²) in [7, 11) is 1.76. The second kappa shape index (κ2) is 13.6. The lowest BCUT2D eigenvalue weighted by atomic mass is 10.0. The third-order valence-electron chi connectivity index (χ3n) is 3.09. The van der Waals surface area contributed by atoms with Gasteiger partial charge >= 0.3 is 0 Å². The highest BCUT2D eigenvalue weighted by Crippen LogP contribution is 2.14. The van der Waals surface area contributed by atoms with Crippen LogP contribution in [0.3, 0.4) is 0 Å². The van der Waals surface area contributed by atoms with Crippen molar-refractivity contribution in [1.82, 2.24) is 10.6 Å². The molecule has 6 heteroatoms. The molecule has 1 aliphatic rings. The summed E-state index contributed by atoms with van der Waals surface area (Å²) in [5.41, 5.74) is 0. The van der Waals surface area contributed by atoms with Gasteiger partial charge in [0, 0.05) is 46.6 Å². The minimum absolute atomic E-state index is 0. The van der Waals surface area contributed by atoms with Crippen LogP contribution in [0.1, 0.15) is 19.3 Å². The van der Waals surface area contributed by atoms with Crippen LogP contribution in [-0.2, 0) is 9.47 Å². The Balaban J connectivity index is 0.00000361. The summed E-state index contributed by atoms with van der Waals surface area (Å²) >= 11 is 0. The molecule has 0 spiro atoms. The van der Waals surface area contributed by atoms with E-state index in [1.54, 1.807) is 7.05 Å². The molecule has 0 radical (unpaired) electrons. The van der Waals surface area contributed by atoms with Gasteiger partial charge in [-0.3, -0.25) is 4.99 Å². The number of halogens is 1. The Morgan fingerprint density at radius 1 is 1.40 bits per heavy atom. The fourth-order valence-electron chi connectivity index (χ4n) is 1.93. The van der Waals surface area contributed by atoms with Gasteiger partial charge in [-0.2, -0.15) is 0 Å².